The predicted molar refractivity (Wildman–Crippen MR) is 80.0 cm³/mol. The van der Waals surface area contributed by atoms with Gasteiger partial charge in [0.2, 0.25) is 0 Å². The van der Waals surface area contributed by atoms with Gasteiger partial charge in [0.1, 0.15) is 5.75 Å². The molecule has 2 unspecified atom stereocenters. The fourth-order valence-corrected chi connectivity index (χ4v) is 2.44. The second-order valence-electron chi connectivity index (χ2n) is 5.54. The van der Waals surface area contributed by atoms with Crippen LogP contribution in [0.2, 0.25) is 0 Å². The second-order valence-corrected chi connectivity index (χ2v) is 5.54. The summed E-state index contributed by atoms with van der Waals surface area (Å²) >= 11 is 0. The summed E-state index contributed by atoms with van der Waals surface area (Å²) in [6.45, 7) is 5.67. The molecule has 2 atom stereocenters. The lowest BCUT2D eigenvalue weighted by Crippen LogP contribution is -2.22. The van der Waals surface area contributed by atoms with Crippen LogP contribution in [0.5, 0.6) is 5.75 Å². The summed E-state index contributed by atoms with van der Waals surface area (Å²) in [5, 5.41) is 0. The molecule has 0 spiro atoms. The fraction of sp³-hybridized carbons (Fsp3) is 0.688. The van der Waals surface area contributed by atoms with Gasteiger partial charge < -0.3 is 15.2 Å². The minimum Gasteiger partial charge on any atom is -0.492 e. The van der Waals surface area contributed by atoms with Crippen molar-refractivity contribution in [3.05, 3.63) is 23.5 Å². The van der Waals surface area contributed by atoms with Crippen LogP contribution in [0.25, 0.3) is 0 Å². The molecule has 1 saturated heterocycles. The highest BCUT2D eigenvalue weighted by molar-refractivity contribution is 5.30. The number of hydrogen-bond acceptors (Lipinski definition) is 4. The topological polar surface area (TPSA) is 57.4 Å². The third-order valence-corrected chi connectivity index (χ3v) is 3.77. The molecule has 0 saturated carbocycles. The van der Waals surface area contributed by atoms with E-state index in [9.17, 15) is 0 Å². The highest BCUT2D eigenvalue weighted by Gasteiger charge is 2.16. The fourth-order valence-electron chi connectivity index (χ4n) is 2.44. The van der Waals surface area contributed by atoms with E-state index in [1.165, 1.54) is 6.42 Å². The van der Waals surface area contributed by atoms with Crippen LogP contribution < -0.4 is 10.5 Å². The molecule has 20 heavy (non-hydrogen) atoms. The van der Waals surface area contributed by atoms with E-state index >= 15 is 0 Å². The summed E-state index contributed by atoms with van der Waals surface area (Å²) in [4.78, 5) is 4.58. The van der Waals surface area contributed by atoms with Crippen molar-refractivity contribution in [1.29, 1.82) is 0 Å². The lowest BCUT2D eigenvalue weighted by Gasteiger charge is -2.15. The maximum absolute atomic E-state index is 6.04. The van der Waals surface area contributed by atoms with Crippen molar-refractivity contribution in [3.8, 4) is 5.75 Å². The summed E-state index contributed by atoms with van der Waals surface area (Å²) in [6.07, 6.45) is 5.37. The Morgan fingerprint density at radius 1 is 1.50 bits per heavy atom. The largest absolute Gasteiger partial charge is 0.492 e. The van der Waals surface area contributed by atoms with Crippen LogP contribution in [0.3, 0.4) is 0 Å². The Kier molecular flexibility index (Phi) is 5.80. The van der Waals surface area contributed by atoms with Crippen LogP contribution in [0.1, 0.15) is 44.0 Å². The van der Waals surface area contributed by atoms with E-state index in [0.717, 1.165) is 49.4 Å². The van der Waals surface area contributed by atoms with Crippen LogP contribution in [0, 0.1) is 6.92 Å². The van der Waals surface area contributed by atoms with Crippen LogP contribution in [0.15, 0.2) is 12.1 Å². The zero-order chi connectivity index (χ0) is 14.4. The number of hydrogen-bond donors (Lipinski definition) is 1. The average molecular weight is 278 g/mol. The zero-order valence-electron chi connectivity index (χ0n) is 12.6. The average Bonchev–Trinajstić information content (AvgIpc) is 2.94. The molecule has 1 aliphatic heterocycles. The number of pyridine rings is 1. The zero-order valence-corrected chi connectivity index (χ0v) is 12.6. The quantitative estimate of drug-likeness (QED) is 0.833. The molecule has 0 aromatic carbocycles. The minimum absolute atomic E-state index is 0.143. The van der Waals surface area contributed by atoms with Gasteiger partial charge in [-0.25, -0.2) is 0 Å². The number of ether oxygens (including phenoxy) is 2. The first-order valence-electron chi connectivity index (χ1n) is 7.65. The van der Waals surface area contributed by atoms with Crippen molar-refractivity contribution in [3.63, 3.8) is 0 Å². The molecule has 2 heterocycles. The molecule has 4 nitrogen and oxygen atoms in total. The van der Waals surface area contributed by atoms with Crippen LogP contribution in [0.4, 0.5) is 0 Å². The van der Waals surface area contributed by atoms with Crippen LogP contribution in [-0.2, 0) is 11.2 Å². The number of nitrogens with zero attached hydrogens (tertiary/aromatic N) is 1. The van der Waals surface area contributed by atoms with Gasteiger partial charge in [-0.1, -0.05) is 6.92 Å². The van der Waals surface area contributed by atoms with Gasteiger partial charge in [-0.15, -0.1) is 0 Å². The van der Waals surface area contributed by atoms with Gasteiger partial charge in [0.15, 0.2) is 0 Å². The Balaban J connectivity index is 1.91. The Morgan fingerprint density at radius 2 is 2.35 bits per heavy atom. The molecular formula is C16H26N2O2. The number of nitrogens with two attached hydrogens (primary N) is 1. The third kappa shape index (κ3) is 4.46. The first-order chi connectivity index (χ1) is 9.69. The summed E-state index contributed by atoms with van der Waals surface area (Å²) in [6, 6.07) is 4.14. The first-order valence-corrected chi connectivity index (χ1v) is 7.65. The molecule has 4 heteroatoms. The summed E-state index contributed by atoms with van der Waals surface area (Å²) in [5.41, 5.74) is 8.02. The highest BCUT2D eigenvalue weighted by Crippen LogP contribution is 2.21. The van der Waals surface area contributed by atoms with Crippen molar-refractivity contribution in [2.75, 3.05) is 13.2 Å². The van der Waals surface area contributed by atoms with Gasteiger partial charge in [0, 0.05) is 31.2 Å². The summed E-state index contributed by atoms with van der Waals surface area (Å²) in [5.74, 6) is 0.873. The molecule has 0 bridgehead atoms. The van der Waals surface area contributed by atoms with E-state index in [0.29, 0.717) is 12.7 Å². The van der Waals surface area contributed by atoms with E-state index < -0.39 is 0 Å². The van der Waals surface area contributed by atoms with Gasteiger partial charge in [-0.3, -0.25) is 4.98 Å². The molecule has 2 N–H and O–H groups in total. The first kappa shape index (κ1) is 15.3. The van der Waals surface area contributed by atoms with Gasteiger partial charge >= 0.3 is 0 Å². The molecule has 0 radical (unpaired) electrons. The summed E-state index contributed by atoms with van der Waals surface area (Å²) in [7, 11) is 0. The smallest absolute Gasteiger partial charge is 0.140 e. The number of aromatic nitrogens is 1. The lowest BCUT2D eigenvalue weighted by molar-refractivity contribution is 0.0901. The Morgan fingerprint density at radius 3 is 3.05 bits per heavy atom. The van der Waals surface area contributed by atoms with Gasteiger partial charge in [-0.05, 0) is 38.3 Å². The Labute approximate surface area is 121 Å². The number of aryl methyl sites for hydroxylation is 1. The van der Waals surface area contributed by atoms with E-state index in [1.807, 2.05) is 19.1 Å². The van der Waals surface area contributed by atoms with Gasteiger partial charge in [0.25, 0.3) is 0 Å². The van der Waals surface area contributed by atoms with Crippen molar-refractivity contribution >= 4 is 0 Å². The Hall–Kier alpha value is -1.13. The van der Waals surface area contributed by atoms with Crippen molar-refractivity contribution < 1.29 is 9.47 Å². The third-order valence-electron chi connectivity index (χ3n) is 3.77. The monoisotopic (exact) mass is 278 g/mol. The van der Waals surface area contributed by atoms with E-state index in [-0.39, 0.29) is 6.04 Å². The Bertz CT molecular complexity index is 417. The molecule has 1 aliphatic rings. The molecule has 0 amide bonds. The van der Waals surface area contributed by atoms with E-state index in [4.69, 9.17) is 15.2 Å². The number of rotatable bonds is 7. The van der Waals surface area contributed by atoms with Gasteiger partial charge in [0.05, 0.1) is 18.4 Å². The molecule has 0 aliphatic carbocycles. The maximum Gasteiger partial charge on any atom is 0.140 e. The van der Waals surface area contributed by atoms with Crippen molar-refractivity contribution in [2.24, 2.45) is 5.73 Å². The molecule has 1 aromatic heterocycles. The lowest BCUT2D eigenvalue weighted by atomic mass is 10.1. The molecule has 1 fully saturated rings. The molecule has 2 rings (SSSR count). The molecule has 1 aromatic rings. The van der Waals surface area contributed by atoms with E-state index in [2.05, 4.69) is 11.9 Å². The standard InChI is InChI=1S/C16H26N2O2/c1-3-13(17)11-15-16(7-6-12(2)18-15)20-10-8-14-5-4-9-19-14/h6-7,13-14H,3-5,8-11,17H2,1-2H3. The van der Waals surface area contributed by atoms with Gasteiger partial charge in [-0.2, -0.15) is 0 Å². The predicted octanol–water partition coefficient (Wildman–Crippen LogP) is 2.62. The van der Waals surface area contributed by atoms with Crippen LogP contribution in [-0.4, -0.2) is 30.3 Å². The van der Waals surface area contributed by atoms with Crippen molar-refractivity contribution in [1.82, 2.24) is 4.98 Å². The maximum atomic E-state index is 6.04. The SMILES string of the molecule is CCC(N)Cc1nc(C)ccc1OCCC1CCCO1. The molecule has 112 valence electrons. The minimum atomic E-state index is 0.143. The normalized spacial score (nSPS) is 20.1. The van der Waals surface area contributed by atoms with Crippen LogP contribution >= 0.6 is 0 Å². The summed E-state index contributed by atoms with van der Waals surface area (Å²) < 4.78 is 11.5. The highest BCUT2D eigenvalue weighted by atomic mass is 16.5. The second kappa shape index (κ2) is 7.60. The van der Waals surface area contributed by atoms with E-state index in [1.54, 1.807) is 0 Å². The van der Waals surface area contributed by atoms with Crippen molar-refractivity contribution in [2.45, 2.75) is 58.1 Å². The molecular weight excluding hydrogens is 252 g/mol.